The van der Waals surface area contributed by atoms with Crippen molar-refractivity contribution < 1.29 is 14.9 Å². The van der Waals surface area contributed by atoms with Crippen LogP contribution in [0.2, 0.25) is 0 Å². The maximum Gasteiger partial charge on any atom is 0.212 e. The number of nitrogens with zero attached hydrogens (tertiary/aromatic N) is 1. The highest BCUT2D eigenvalue weighted by Gasteiger charge is 2.07. The Labute approximate surface area is 83.2 Å². The molecule has 0 aliphatic rings. The summed E-state index contributed by atoms with van der Waals surface area (Å²) in [6.07, 6.45) is 2.17. The van der Waals surface area contributed by atoms with Gasteiger partial charge in [0, 0.05) is 18.9 Å². The summed E-state index contributed by atoms with van der Waals surface area (Å²) in [5.74, 6) is 0.531. The highest BCUT2D eigenvalue weighted by Crippen LogP contribution is 2.18. The number of aliphatic hydroxyl groups is 2. The zero-order valence-corrected chi connectivity index (χ0v) is 8.18. The number of aromatic nitrogens is 1. The van der Waals surface area contributed by atoms with Crippen LogP contribution in [0.25, 0.3) is 0 Å². The van der Waals surface area contributed by atoms with Crippen LogP contribution < -0.4 is 4.74 Å². The molecule has 14 heavy (non-hydrogen) atoms. The SMILES string of the molecule is COc1ccc(C(O)CCCO)cn1. The van der Waals surface area contributed by atoms with Gasteiger partial charge in [0.25, 0.3) is 0 Å². The predicted molar refractivity (Wildman–Crippen MR) is 52.1 cm³/mol. The quantitative estimate of drug-likeness (QED) is 0.736. The molecule has 0 aliphatic carbocycles. The Morgan fingerprint density at radius 2 is 2.29 bits per heavy atom. The molecule has 1 unspecified atom stereocenters. The summed E-state index contributed by atoms with van der Waals surface area (Å²) in [6, 6.07) is 3.48. The van der Waals surface area contributed by atoms with Crippen LogP contribution in [0.4, 0.5) is 0 Å². The van der Waals surface area contributed by atoms with E-state index >= 15 is 0 Å². The zero-order valence-electron chi connectivity index (χ0n) is 8.18. The fraction of sp³-hybridized carbons (Fsp3) is 0.500. The first-order valence-corrected chi connectivity index (χ1v) is 4.56. The third-order valence-corrected chi connectivity index (χ3v) is 1.99. The fourth-order valence-corrected chi connectivity index (χ4v) is 1.16. The van der Waals surface area contributed by atoms with Gasteiger partial charge in [-0.25, -0.2) is 4.98 Å². The van der Waals surface area contributed by atoms with Crippen molar-refractivity contribution in [2.45, 2.75) is 18.9 Å². The minimum absolute atomic E-state index is 0.0979. The van der Waals surface area contributed by atoms with Crippen LogP contribution in [0.1, 0.15) is 24.5 Å². The van der Waals surface area contributed by atoms with Crippen LogP contribution in [0, 0.1) is 0 Å². The van der Waals surface area contributed by atoms with Crippen molar-refractivity contribution in [3.8, 4) is 5.88 Å². The second-order valence-corrected chi connectivity index (χ2v) is 3.02. The van der Waals surface area contributed by atoms with E-state index in [1.807, 2.05) is 0 Å². The lowest BCUT2D eigenvalue weighted by atomic mass is 10.1. The summed E-state index contributed by atoms with van der Waals surface area (Å²) in [4.78, 5) is 3.98. The summed E-state index contributed by atoms with van der Waals surface area (Å²) in [5.41, 5.74) is 0.749. The van der Waals surface area contributed by atoms with E-state index in [2.05, 4.69) is 4.98 Å². The summed E-state index contributed by atoms with van der Waals surface area (Å²) in [5, 5.41) is 18.2. The first-order valence-electron chi connectivity index (χ1n) is 4.56. The zero-order chi connectivity index (χ0) is 10.4. The number of rotatable bonds is 5. The van der Waals surface area contributed by atoms with Gasteiger partial charge in [-0.1, -0.05) is 0 Å². The molecule has 4 nitrogen and oxygen atoms in total. The van der Waals surface area contributed by atoms with Crippen molar-refractivity contribution in [1.82, 2.24) is 4.98 Å². The van der Waals surface area contributed by atoms with Crippen molar-refractivity contribution in [2.24, 2.45) is 0 Å². The lowest BCUT2D eigenvalue weighted by molar-refractivity contribution is 0.151. The van der Waals surface area contributed by atoms with E-state index in [-0.39, 0.29) is 6.61 Å². The molecule has 0 fully saturated rings. The van der Waals surface area contributed by atoms with Crippen LogP contribution in [0.15, 0.2) is 18.3 Å². The maximum absolute atomic E-state index is 9.62. The molecule has 1 atom stereocenters. The van der Waals surface area contributed by atoms with Gasteiger partial charge in [0.2, 0.25) is 5.88 Å². The van der Waals surface area contributed by atoms with Gasteiger partial charge in [0.05, 0.1) is 13.2 Å². The molecule has 1 rings (SSSR count). The topological polar surface area (TPSA) is 62.6 Å². The standard InChI is InChI=1S/C10H15NO3/c1-14-10-5-4-8(7-11-10)9(13)3-2-6-12/h4-5,7,9,12-13H,2-3,6H2,1H3. The van der Waals surface area contributed by atoms with Gasteiger partial charge in [-0.05, 0) is 24.5 Å². The van der Waals surface area contributed by atoms with Gasteiger partial charge in [-0.3, -0.25) is 0 Å². The second kappa shape index (κ2) is 5.57. The summed E-state index contributed by atoms with van der Waals surface area (Å²) < 4.78 is 4.90. The molecule has 0 saturated carbocycles. The number of hydrogen-bond donors (Lipinski definition) is 2. The average molecular weight is 197 g/mol. The minimum atomic E-state index is -0.555. The lowest BCUT2D eigenvalue weighted by Gasteiger charge is -2.09. The Bertz CT molecular complexity index is 261. The van der Waals surface area contributed by atoms with E-state index in [0.717, 1.165) is 5.56 Å². The van der Waals surface area contributed by atoms with Gasteiger partial charge in [-0.2, -0.15) is 0 Å². The molecule has 4 heteroatoms. The van der Waals surface area contributed by atoms with E-state index in [1.165, 1.54) is 0 Å². The van der Waals surface area contributed by atoms with Crippen molar-refractivity contribution >= 4 is 0 Å². The summed E-state index contributed by atoms with van der Waals surface area (Å²) in [6.45, 7) is 0.0979. The van der Waals surface area contributed by atoms with Gasteiger partial charge in [0.1, 0.15) is 0 Å². The van der Waals surface area contributed by atoms with Gasteiger partial charge < -0.3 is 14.9 Å². The average Bonchev–Trinajstić information content (AvgIpc) is 2.26. The van der Waals surface area contributed by atoms with Gasteiger partial charge in [-0.15, -0.1) is 0 Å². The van der Waals surface area contributed by atoms with Crippen molar-refractivity contribution in [1.29, 1.82) is 0 Å². The van der Waals surface area contributed by atoms with Gasteiger partial charge >= 0.3 is 0 Å². The number of ether oxygens (including phenoxy) is 1. The number of aliphatic hydroxyl groups excluding tert-OH is 2. The number of methoxy groups -OCH3 is 1. The summed E-state index contributed by atoms with van der Waals surface area (Å²) in [7, 11) is 1.55. The monoisotopic (exact) mass is 197 g/mol. The highest BCUT2D eigenvalue weighted by molar-refractivity contribution is 5.19. The van der Waals surface area contributed by atoms with Gasteiger partial charge in [0.15, 0.2) is 0 Å². The Hall–Kier alpha value is -1.13. The van der Waals surface area contributed by atoms with Crippen LogP contribution in [0.5, 0.6) is 5.88 Å². The van der Waals surface area contributed by atoms with Crippen LogP contribution in [-0.2, 0) is 0 Å². The Morgan fingerprint density at radius 3 is 2.79 bits per heavy atom. The molecule has 1 aromatic heterocycles. The van der Waals surface area contributed by atoms with Crippen LogP contribution in [0.3, 0.4) is 0 Å². The van der Waals surface area contributed by atoms with Crippen LogP contribution in [-0.4, -0.2) is 28.9 Å². The van der Waals surface area contributed by atoms with E-state index < -0.39 is 6.10 Å². The first-order chi connectivity index (χ1) is 6.77. The van der Waals surface area contributed by atoms with E-state index in [4.69, 9.17) is 9.84 Å². The molecule has 0 spiro atoms. The van der Waals surface area contributed by atoms with E-state index in [0.29, 0.717) is 18.7 Å². The normalized spacial score (nSPS) is 12.5. The van der Waals surface area contributed by atoms with Crippen LogP contribution >= 0.6 is 0 Å². The maximum atomic E-state index is 9.62. The highest BCUT2D eigenvalue weighted by atomic mass is 16.5. The molecule has 2 N–H and O–H groups in total. The third-order valence-electron chi connectivity index (χ3n) is 1.99. The Morgan fingerprint density at radius 1 is 1.50 bits per heavy atom. The molecular formula is C10H15NO3. The smallest absolute Gasteiger partial charge is 0.212 e. The predicted octanol–water partition coefficient (Wildman–Crippen LogP) is 0.896. The minimum Gasteiger partial charge on any atom is -0.481 e. The largest absolute Gasteiger partial charge is 0.481 e. The first kappa shape index (κ1) is 10.9. The van der Waals surface area contributed by atoms with E-state index in [1.54, 1.807) is 25.4 Å². The Kier molecular flexibility index (Phi) is 4.35. The molecular weight excluding hydrogens is 182 g/mol. The van der Waals surface area contributed by atoms with Crippen molar-refractivity contribution in [2.75, 3.05) is 13.7 Å². The molecule has 1 heterocycles. The lowest BCUT2D eigenvalue weighted by Crippen LogP contribution is -1.99. The molecule has 0 saturated heterocycles. The molecule has 1 aromatic rings. The molecule has 78 valence electrons. The molecule has 0 radical (unpaired) electrons. The number of pyridine rings is 1. The number of hydrogen-bond acceptors (Lipinski definition) is 4. The third kappa shape index (κ3) is 2.97. The van der Waals surface area contributed by atoms with Crippen molar-refractivity contribution in [3.63, 3.8) is 0 Å². The van der Waals surface area contributed by atoms with E-state index in [9.17, 15) is 5.11 Å². The molecule has 0 aliphatic heterocycles. The Balaban J connectivity index is 2.57. The van der Waals surface area contributed by atoms with Crippen molar-refractivity contribution in [3.05, 3.63) is 23.9 Å². The molecule has 0 aromatic carbocycles. The molecule has 0 amide bonds. The molecule has 0 bridgehead atoms. The fourth-order valence-electron chi connectivity index (χ4n) is 1.16. The summed E-state index contributed by atoms with van der Waals surface area (Å²) >= 11 is 0. The second-order valence-electron chi connectivity index (χ2n) is 3.02.